The molecule has 1 aromatic heterocycles. The van der Waals surface area contributed by atoms with Gasteiger partial charge in [-0.3, -0.25) is 9.89 Å². The highest BCUT2D eigenvalue weighted by Gasteiger charge is 2.25. The van der Waals surface area contributed by atoms with E-state index in [1.807, 2.05) is 31.3 Å². The van der Waals surface area contributed by atoms with E-state index in [1.54, 1.807) is 0 Å². The molecule has 2 aromatic rings. The molecule has 1 aliphatic heterocycles. The lowest BCUT2D eigenvalue weighted by atomic mass is 9.88. The maximum absolute atomic E-state index is 13.4. The van der Waals surface area contributed by atoms with Crippen LogP contribution in [0.3, 0.4) is 0 Å². The third-order valence-electron chi connectivity index (χ3n) is 5.86. The third kappa shape index (κ3) is 5.19. The van der Waals surface area contributed by atoms with Gasteiger partial charge < -0.3 is 4.90 Å². The average molecular weight is 420 g/mol. The van der Waals surface area contributed by atoms with E-state index in [0.717, 1.165) is 58.8 Å². The Kier molecular flexibility index (Phi) is 7.55. The number of aromatic amines is 1. The Balaban J connectivity index is 1.85. The molecule has 31 heavy (non-hydrogen) atoms. The molecule has 0 amide bonds. The zero-order valence-corrected chi connectivity index (χ0v) is 19.3. The summed E-state index contributed by atoms with van der Waals surface area (Å²) in [4.78, 5) is 25.0. The van der Waals surface area contributed by atoms with Crippen molar-refractivity contribution in [2.24, 2.45) is 15.9 Å². The number of hydrogen-bond donors (Lipinski definition) is 1. The lowest BCUT2D eigenvalue weighted by Crippen LogP contribution is -2.28. The molecule has 0 spiro atoms. The number of guanidine groups is 1. The number of ketones is 1. The molecule has 6 heteroatoms. The van der Waals surface area contributed by atoms with Gasteiger partial charge in [-0.25, -0.2) is 9.98 Å². The molecular weight excluding hydrogens is 386 g/mol. The summed E-state index contributed by atoms with van der Waals surface area (Å²) in [5, 5.41) is 8.16. The Labute approximate surface area is 184 Å². The molecule has 1 atom stereocenters. The van der Waals surface area contributed by atoms with Crippen LogP contribution in [0.4, 0.5) is 0 Å². The molecule has 3 rings (SSSR count). The molecule has 0 radical (unpaired) electrons. The molecular formula is C25H33N5O. The highest BCUT2D eigenvalue weighted by atomic mass is 16.1. The summed E-state index contributed by atoms with van der Waals surface area (Å²) >= 11 is 0. The van der Waals surface area contributed by atoms with Crippen LogP contribution in [0.25, 0.3) is 10.9 Å². The van der Waals surface area contributed by atoms with Crippen molar-refractivity contribution in [1.82, 2.24) is 15.1 Å². The molecule has 0 aliphatic carbocycles. The van der Waals surface area contributed by atoms with Crippen LogP contribution in [0.2, 0.25) is 0 Å². The van der Waals surface area contributed by atoms with Crippen LogP contribution in [-0.4, -0.2) is 52.2 Å². The SMILES string of the molecule is CC/C=C\C=C(\C(=O)Cc1cc2[nH]ncc2cc1C)C(C)C1=NC(N(CC)CC)=NC1. The zero-order chi connectivity index (χ0) is 22.4. The second-order valence-electron chi connectivity index (χ2n) is 7.91. The van der Waals surface area contributed by atoms with E-state index < -0.39 is 0 Å². The molecule has 0 fully saturated rings. The van der Waals surface area contributed by atoms with E-state index >= 15 is 0 Å². The first kappa shape index (κ1) is 22.7. The molecule has 1 N–H and O–H groups in total. The van der Waals surface area contributed by atoms with E-state index in [-0.39, 0.29) is 11.7 Å². The number of nitrogens with one attached hydrogen (secondary N) is 1. The molecule has 0 saturated heterocycles. The van der Waals surface area contributed by atoms with E-state index in [2.05, 4.69) is 59.9 Å². The number of aromatic nitrogens is 2. The van der Waals surface area contributed by atoms with E-state index in [9.17, 15) is 4.79 Å². The number of carbonyl (C=O) groups is 1. The molecule has 0 saturated carbocycles. The standard InChI is InChI=1S/C25H33N5O/c1-6-9-10-11-21(18(5)23-16-26-25(28-23)30(7-2)8-3)24(31)14-19-13-22-20(12-17(19)4)15-27-29-22/h9-13,15,18H,6-8,14,16H2,1-5H3,(H,27,29)/b10-9-,21-11+. The number of carbonyl (C=O) groups excluding carboxylic acids is 1. The van der Waals surface area contributed by atoms with Crippen molar-refractivity contribution in [3.05, 3.63) is 53.3 Å². The van der Waals surface area contributed by atoms with E-state index in [0.29, 0.717) is 13.0 Å². The predicted octanol–water partition coefficient (Wildman–Crippen LogP) is 4.66. The lowest BCUT2D eigenvalue weighted by molar-refractivity contribution is -0.115. The van der Waals surface area contributed by atoms with Crippen LogP contribution in [0.15, 0.2) is 52.1 Å². The fourth-order valence-electron chi connectivity index (χ4n) is 3.84. The summed E-state index contributed by atoms with van der Waals surface area (Å²) in [6.45, 7) is 12.7. The van der Waals surface area contributed by atoms with Gasteiger partial charge in [0.05, 0.1) is 24.0 Å². The van der Waals surface area contributed by atoms with Gasteiger partial charge in [-0.05, 0) is 50.5 Å². The van der Waals surface area contributed by atoms with Crippen molar-refractivity contribution in [1.29, 1.82) is 0 Å². The van der Waals surface area contributed by atoms with Crippen molar-refractivity contribution in [2.45, 2.75) is 47.5 Å². The average Bonchev–Trinajstić information content (AvgIpc) is 3.41. The number of aryl methyl sites for hydroxylation is 1. The highest BCUT2D eigenvalue weighted by molar-refractivity contribution is 6.10. The molecule has 6 nitrogen and oxygen atoms in total. The summed E-state index contributed by atoms with van der Waals surface area (Å²) in [5.41, 5.74) is 4.81. The van der Waals surface area contributed by atoms with Gasteiger partial charge in [0.1, 0.15) is 0 Å². The predicted molar refractivity (Wildman–Crippen MR) is 129 cm³/mol. The van der Waals surface area contributed by atoms with Gasteiger partial charge in [0.2, 0.25) is 5.96 Å². The van der Waals surface area contributed by atoms with Crippen LogP contribution in [0.5, 0.6) is 0 Å². The van der Waals surface area contributed by atoms with Gasteiger partial charge in [-0.1, -0.05) is 32.1 Å². The second-order valence-corrected chi connectivity index (χ2v) is 7.91. The van der Waals surface area contributed by atoms with Crippen molar-refractivity contribution in [3.8, 4) is 0 Å². The largest absolute Gasteiger partial charge is 0.342 e. The molecule has 0 bridgehead atoms. The number of aliphatic imine (C=N–C) groups is 2. The summed E-state index contributed by atoms with van der Waals surface area (Å²) in [5.74, 6) is 0.819. The summed E-state index contributed by atoms with van der Waals surface area (Å²) in [6.07, 6.45) is 9.10. The summed E-state index contributed by atoms with van der Waals surface area (Å²) in [6, 6.07) is 4.12. The van der Waals surface area contributed by atoms with Crippen LogP contribution in [0.1, 0.15) is 45.2 Å². The number of benzene rings is 1. The first-order valence-corrected chi connectivity index (χ1v) is 11.2. The topological polar surface area (TPSA) is 73.7 Å². The lowest BCUT2D eigenvalue weighted by Gasteiger charge is -2.18. The highest BCUT2D eigenvalue weighted by Crippen LogP contribution is 2.23. The molecule has 1 aliphatic rings. The molecule has 164 valence electrons. The number of H-pyrrole nitrogens is 1. The quantitative estimate of drug-likeness (QED) is 0.474. The molecule has 1 aromatic carbocycles. The Bertz CT molecular complexity index is 1050. The number of fused-ring (bicyclic) bond motifs is 1. The number of rotatable bonds is 9. The zero-order valence-electron chi connectivity index (χ0n) is 19.3. The minimum atomic E-state index is -0.0815. The Morgan fingerprint density at radius 2 is 2.03 bits per heavy atom. The van der Waals surface area contributed by atoms with Gasteiger partial charge in [-0.2, -0.15) is 5.10 Å². The van der Waals surface area contributed by atoms with Crippen molar-refractivity contribution < 1.29 is 4.79 Å². The van der Waals surface area contributed by atoms with Gasteiger partial charge in [0.15, 0.2) is 5.78 Å². The van der Waals surface area contributed by atoms with Gasteiger partial charge in [-0.15, -0.1) is 0 Å². The van der Waals surface area contributed by atoms with Crippen LogP contribution in [-0.2, 0) is 11.2 Å². The van der Waals surface area contributed by atoms with Gasteiger partial charge >= 0.3 is 0 Å². The maximum Gasteiger partial charge on any atom is 0.220 e. The van der Waals surface area contributed by atoms with Crippen LogP contribution < -0.4 is 0 Å². The monoisotopic (exact) mass is 419 g/mol. The van der Waals surface area contributed by atoms with Crippen molar-refractivity contribution in [2.75, 3.05) is 19.6 Å². The van der Waals surface area contributed by atoms with Crippen LogP contribution in [0, 0.1) is 12.8 Å². The second kappa shape index (κ2) is 10.3. The molecule has 1 unspecified atom stereocenters. The number of allylic oxidation sites excluding steroid dienone is 4. The third-order valence-corrected chi connectivity index (χ3v) is 5.86. The minimum absolute atomic E-state index is 0.0815. The van der Waals surface area contributed by atoms with Crippen LogP contribution >= 0.6 is 0 Å². The fourth-order valence-corrected chi connectivity index (χ4v) is 3.84. The van der Waals surface area contributed by atoms with Crippen molar-refractivity contribution >= 4 is 28.4 Å². The maximum atomic E-state index is 13.4. The van der Waals surface area contributed by atoms with Gasteiger partial charge in [0.25, 0.3) is 0 Å². The van der Waals surface area contributed by atoms with E-state index in [1.165, 1.54) is 0 Å². The van der Waals surface area contributed by atoms with Crippen molar-refractivity contribution in [3.63, 3.8) is 0 Å². The molecule has 2 heterocycles. The Morgan fingerprint density at radius 3 is 2.74 bits per heavy atom. The normalized spacial score (nSPS) is 15.5. The summed E-state index contributed by atoms with van der Waals surface area (Å²) < 4.78 is 0. The first-order chi connectivity index (χ1) is 15.0. The van der Waals surface area contributed by atoms with E-state index in [4.69, 9.17) is 4.99 Å². The smallest absolute Gasteiger partial charge is 0.220 e. The summed E-state index contributed by atoms with van der Waals surface area (Å²) in [7, 11) is 0. The minimum Gasteiger partial charge on any atom is -0.342 e. The number of hydrogen-bond acceptors (Lipinski definition) is 5. The first-order valence-electron chi connectivity index (χ1n) is 11.2. The fraction of sp³-hybridized carbons (Fsp3) is 0.440. The van der Waals surface area contributed by atoms with Gasteiger partial charge in [0, 0.05) is 36.4 Å². The Hall–Kier alpha value is -3.02. The number of Topliss-reactive ketones (excluding diaryl/α,β-unsaturated/α-hetero) is 1. The Morgan fingerprint density at radius 1 is 1.26 bits per heavy atom. The number of nitrogens with zero attached hydrogens (tertiary/aromatic N) is 4.